The molecule has 2 aromatic rings. The fraction of sp³-hybridized carbons (Fsp3) is 0.211. The molecule has 0 saturated heterocycles. The summed E-state index contributed by atoms with van der Waals surface area (Å²) in [6, 6.07) is 11.3. The molecule has 0 fully saturated rings. The second-order valence-corrected chi connectivity index (χ2v) is 5.14. The van der Waals surface area contributed by atoms with Crippen LogP contribution in [0.15, 0.2) is 55.1 Å². The van der Waals surface area contributed by atoms with E-state index in [1.165, 1.54) is 17.0 Å². The van der Waals surface area contributed by atoms with E-state index in [2.05, 4.69) is 6.58 Å². The van der Waals surface area contributed by atoms with E-state index in [-0.39, 0.29) is 11.5 Å². The maximum Gasteiger partial charge on any atom is 0.257 e. The van der Waals surface area contributed by atoms with Crippen molar-refractivity contribution in [2.75, 3.05) is 20.8 Å². The van der Waals surface area contributed by atoms with Crippen LogP contribution in [0.2, 0.25) is 0 Å². The van der Waals surface area contributed by atoms with Crippen molar-refractivity contribution in [3.63, 3.8) is 0 Å². The molecular formula is C19H20FNO3. The van der Waals surface area contributed by atoms with Crippen molar-refractivity contribution >= 4 is 5.91 Å². The summed E-state index contributed by atoms with van der Waals surface area (Å²) in [5.74, 6) is 0.260. The monoisotopic (exact) mass is 329 g/mol. The van der Waals surface area contributed by atoms with Crippen LogP contribution in [-0.4, -0.2) is 31.6 Å². The SMILES string of the molecule is C=CCN(Cc1ccc(OC)c(OC)c1)C(=O)c1ccccc1F. The number of benzene rings is 2. The van der Waals surface area contributed by atoms with E-state index < -0.39 is 5.82 Å². The van der Waals surface area contributed by atoms with Gasteiger partial charge in [-0.2, -0.15) is 0 Å². The molecule has 0 aliphatic rings. The first-order valence-electron chi connectivity index (χ1n) is 7.46. The molecule has 0 heterocycles. The van der Waals surface area contributed by atoms with Crippen molar-refractivity contribution in [1.82, 2.24) is 4.90 Å². The number of carbonyl (C=O) groups is 1. The Labute approximate surface area is 141 Å². The summed E-state index contributed by atoms with van der Waals surface area (Å²) in [7, 11) is 3.11. The van der Waals surface area contributed by atoms with Gasteiger partial charge < -0.3 is 14.4 Å². The second kappa shape index (κ2) is 8.15. The van der Waals surface area contributed by atoms with E-state index >= 15 is 0 Å². The first-order valence-corrected chi connectivity index (χ1v) is 7.46. The smallest absolute Gasteiger partial charge is 0.257 e. The van der Waals surface area contributed by atoms with Gasteiger partial charge in [-0.25, -0.2) is 4.39 Å². The third-order valence-electron chi connectivity index (χ3n) is 3.56. The summed E-state index contributed by atoms with van der Waals surface area (Å²) in [5.41, 5.74) is 0.888. The van der Waals surface area contributed by atoms with Gasteiger partial charge in [0.1, 0.15) is 5.82 Å². The minimum atomic E-state index is -0.538. The minimum Gasteiger partial charge on any atom is -0.493 e. The zero-order valence-corrected chi connectivity index (χ0v) is 13.8. The van der Waals surface area contributed by atoms with Crippen molar-refractivity contribution in [2.45, 2.75) is 6.54 Å². The van der Waals surface area contributed by atoms with Crippen LogP contribution in [0, 0.1) is 5.82 Å². The number of amides is 1. The van der Waals surface area contributed by atoms with Crippen LogP contribution >= 0.6 is 0 Å². The van der Waals surface area contributed by atoms with E-state index in [0.29, 0.717) is 24.6 Å². The zero-order chi connectivity index (χ0) is 17.5. The van der Waals surface area contributed by atoms with Gasteiger partial charge in [0.2, 0.25) is 0 Å². The number of methoxy groups -OCH3 is 2. The lowest BCUT2D eigenvalue weighted by molar-refractivity contribution is 0.0758. The lowest BCUT2D eigenvalue weighted by Crippen LogP contribution is -2.31. The Balaban J connectivity index is 2.27. The Bertz CT molecular complexity index is 730. The van der Waals surface area contributed by atoms with E-state index in [1.807, 2.05) is 6.07 Å². The van der Waals surface area contributed by atoms with E-state index in [9.17, 15) is 9.18 Å². The van der Waals surface area contributed by atoms with Gasteiger partial charge in [-0.05, 0) is 29.8 Å². The fourth-order valence-corrected chi connectivity index (χ4v) is 2.38. The molecule has 24 heavy (non-hydrogen) atoms. The van der Waals surface area contributed by atoms with Crippen LogP contribution in [0.1, 0.15) is 15.9 Å². The summed E-state index contributed by atoms with van der Waals surface area (Å²) >= 11 is 0. The maximum absolute atomic E-state index is 13.9. The Kier molecular flexibility index (Phi) is 5.95. The summed E-state index contributed by atoms with van der Waals surface area (Å²) in [4.78, 5) is 14.1. The molecule has 0 atom stereocenters. The molecule has 0 aromatic heterocycles. The highest BCUT2D eigenvalue weighted by Gasteiger charge is 2.19. The topological polar surface area (TPSA) is 38.8 Å². The summed E-state index contributed by atoms with van der Waals surface area (Å²) in [5, 5.41) is 0. The predicted molar refractivity (Wildman–Crippen MR) is 90.9 cm³/mol. The standard InChI is InChI=1S/C19H20FNO3/c1-4-11-21(19(22)15-7-5-6-8-16(15)20)13-14-9-10-17(23-2)18(12-14)24-3/h4-10,12H,1,11,13H2,2-3H3. The molecular weight excluding hydrogens is 309 g/mol. The fourth-order valence-electron chi connectivity index (χ4n) is 2.38. The number of carbonyl (C=O) groups excluding carboxylic acids is 1. The first-order chi connectivity index (χ1) is 11.6. The molecule has 0 aliphatic carbocycles. The van der Waals surface area contributed by atoms with Gasteiger partial charge in [0.25, 0.3) is 5.91 Å². The van der Waals surface area contributed by atoms with Crippen molar-refractivity contribution in [1.29, 1.82) is 0 Å². The number of hydrogen-bond donors (Lipinski definition) is 0. The zero-order valence-electron chi connectivity index (χ0n) is 13.8. The van der Waals surface area contributed by atoms with Crippen LogP contribution in [-0.2, 0) is 6.54 Å². The Hall–Kier alpha value is -2.82. The number of nitrogens with zero attached hydrogens (tertiary/aromatic N) is 1. The van der Waals surface area contributed by atoms with Crippen molar-refractivity contribution < 1.29 is 18.7 Å². The average molecular weight is 329 g/mol. The van der Waals surface area contributed by atoms with Crippen LogP contribution < -0.4 is 9.47 Å². The highest BCUT2D eigenvalue weighted by Crippen LogP contribution is 2.28. The molecule has 0 aliphatic heterocycles. The third kappa shape index (κ3) is 3.93. The maximum atomic E-state index is 13.9. The molecule has 126 valence electrons. The highest BCUT2D eigenvalue weighted by atomic mass is 19.1. The van der Waals surface area contributed by atoms with Gasteiger partial charge in [-0.15, -0.1) is 6.58 Å². The first kappa shape index (κ1) is 17.5. The van der Waals surface area contributed by atoms with Crippen molar-refractivity contribution in [3.8, 4) is 11.5 Å². The van der Waals surface area contributed by atoms with Crippen molar-refractivity contribution in [3.05, 3.63) is 72.1 Å². The quantitative estimate of drug-likeness (QED) is 0.728. The van der Waals surface area contributed by atoms with E-state index in [0.717, 1.165) is 5.56 Å². The molecule has 0 spiro atoms. The number of hydrogen-bond acceptors (Lipinski definition) is 3. The van der Waals surface area contributed by atoms with Gasteiger partial charge in [0, 0.05) is 13.1 Å². The molecule has 4 nitrogen and oxygen atoms in total. The molecule has 1 amide bonds. The molecule has 0 radical (unpaired) electrons. The van der Waals surface area contributed by atoms with Gasteiger partial charge >= 0.3 is 0 Å². The Morgan fingerprint density at radius 3 is 2.50 bits per heavy atom. The summed E-state index contributed by atoms with van der Waals surface area (Å²) in [6.45, 7) is 4.28. The van der Waals surface area contributed by atoms with Crippen LogP contribution in [0.3, 0.4) is 0 Å². The van der Waals surface area contributed by atoms with Crippen LogP contribution in [0.5, 0.6) is 11.5 Å². The molecule has 0 bridgehead atoms. The minimum absolute atomic E-state index is 0.0415. The normalized spacial score (nSPS) is 10.1. The Morgan fingerprint density at radius 1 is 1.17 bits per heavy atom. The van der Waals surface area contributed by atoms with Crippen LogP contribution in [0.4, 0.5) is 4.39 Å². The van der Waals surface area contributed by atoms with Crippen LogP contribution in [0.25, 0.3) is 0 Å². The lowest BCUT2D eigenvalue weighted by atomic mass is 10.1. The summed E-state index contributed by atoms with van der Waals surface area (Å²) < 4.78 is 24.4. The van der Waals surface area contributed by atoms with E-state index in [1.54, 1.807) is 44.6 Å². The number of rotatable bonds is 7. The number of ether oxygens (including phenoxy) is 2. The van der Waals surface area contributed by atoms with Gasteiger partial charge in [0.05, 0.1) is 19.8 Å². The van der Waals surface area contributed by atoms with Crippen molar-refractivity contribution in [2.24, 2.45) is 0 Å². The van der Waals surface area contributed by atoms with E-state index in [4.69, 9.17) is 9.47 Å². The molecule has 0 saturated carbocycles. The average Bonchev–Trinajstić information content (AvgIpc) is 2.61. The van der Waals surface area contributed by atoms with Gasteiger partial charge in [-0.3, -0.25) is 4.79 Å². The predicted octanol–water partition coefficient (Wildman–Crippen LogP) is 3.67. The molecule has 0 N–H and O–H groups in total. The second-order valence-electron chi connectivity index (χ2n) is 5.14. The van der Waals surface area contributed by atoms with Gasteiger partial charge in [0.15, 0.2) is 11.5 Å². The van der Waals surface area contributed by atoms with Gasteiger partial charge in [-0.1, -0.05) is 24.3 Å². The molecule has 5 heteroatoms. The molecule has 2 aromatic carbocycles. The largest absolute Gasteiger partial charge is 0.493 e. The number of halogens is 1. The Morgan fingerprint density at radius 2 is 1.88 bits per heavy atom. The molecule has 2 rings (SSSR count). The summed E-state index contributed by atoms with van der Waals surface area (Å²) in [6.07, 6.45) is 1.61. The third-order valence-corrected chi connectivity index (χ3v) is 3.56. The highest BCUT2D eigenvalue weighted by molar-refractivity contribution is 5.94. The lowest BCUT2D eigenvalue weighted by Gasteiger charge is -2.22. The molecule has 0 unspecified atom stereocenters.